The number of hydrazone groups is 1. The third-order valence-corrected chi connectivity index (χ3v) is 5.01. The smallest absolute Gasteiger partial charge is 0.271 e. The van der Waals surface area contributed by atoms with Crippen LogP contribution in [0.25, 0.3) is 0 Å². The summed E-state index contributed by atoms with van der Waals surface area (Å²) in [6, 6.07) is 24.8. The summed E-state index contributed by atoms with van der Waals surface area (Å²) in [6.45, 7) is 8.07. The van der Waals surface area contributed by atoms with Crippen molar-refractivity contribution in [2.45, 2.75) is 39.5 Å². The van der Waals surface area contributed by atoms with Gasteiger partial charge in [-0.05, 0) is 66.4 Å². The van der Waals surface area contributed by atoms with Crippen LogP contribution < -0.4 is 16.1 Å². The van der Waals surface area contributed by atoms with Gasteiger partial charge < -0.3 is 10.6 Å². The molecule has 6 nitrogen and oxygen atoms in total. The molecule has 0 spiro atoms. The van der Waals surface area contributed by atoms with E-state index in [9.17, 15) is 9.59 Å². The van der Waals surface area contributed by atoms with Gasteiger partial charge in [-0.25, -0.2) is 5.43 Å². The standard InChI is InChI=1S/C27H30N4O2/c1-19(30-31-26(33)20-10-12-21(13-11-20)27(2,3)4)18-25(32)29-24-16-14-23(15-17-24)28-22-8-6-5-7-9-22/h5-17,28H,18H2,1-4H3,(H,29,32)(H,31,33)/b30-19-. The van der Waals surface area contributed by atoms with E-state index in [1.54, 1.807) is 19.1 Å². The SMILES string of the molecule is C/C(CC(=O)Nc1ccc(Nc2ccccc2)cc1)=N/NC(=O)c1ccc(C(C)(C)C)cc1. The Morgan fingerprint density at radius 2 is 1.36 bits per heavy atom. The van der Waals surface area contributed by atoms with Gasteiger partial charge in [-0.1, -0.05) is 51.1 Å². The Balaban J connectivity index is 1.49. The monoisotopic (exact) mass is 442 g/mol. The van der Waals surface area contributed by atoms with Crippen molar-refractivity contribution in [2.75, 3.05) is 10.6 Å². The highest BCUT2D eigenvalue weighted by Gasteiger charge is 2.14. The molecule has 0 unspecified atom stereocenters. The van der Waals surface area contributed by atoms with Crippen LogP contribution in [-0.4, -0.2) is 17.5 Å². The van der Waals surface area contributed by atoms with E-state index in [0.717, 1.165) is 16.9 Å². The average molecular weight is 443 g/mol. The maximum atomic E-state index is 12.3. The van der Waals surface area contributed by atoms with Crippen LogP contribution in [0.5, 0.6) is 0 Å². The summed E-state index contributed by atoms with van der Waals surface area (Å²) >= 11 is 0. The molecule has 0 atom stereocenters. The second-order valence-corrected chi connectivity index (χ2v) is 8.91. The lowest BCUT2D eigenvalue weighted by molar-refractivity contribution is -0.115. The van der Waals surface area contributed by atoms with E-state index in [4.69, 9.17) is 0 Å². The summed E-state index contributed by atoms with van der Waals surface area (Å²) in [5, 5.41) is 10.2. The Morgan fingerprint density at radius 3 is 1.97 bits per heavy atom. The minimum Gasteiger partial charge on any atom is -0.356 e. The molecule has 2 amide bonds. The van der Waals surface area contributed by atoms with Crippen LogP contribution in [0.3, 0.4) is 0 Å². The van der Waals surface area contributed by atoms with E-state index >= 15 is 0 Å². The molecule has 0 bridgehead atoms. The lowest BCUT2D eigenvalue weighted by Gasteiger charge is -2.18. The molecule has 3 rings (SSSR count). The summed E-state index contributed by atoms with van der Waals surface area (Å²) in [5.74, 6) is -0.513. The first-order valence-electron chi connectivity index (χ1n) is 10.9. The molecule has 3 aromatic carbocycles. The topological polar surface area (TPSA) is 82.6 Å². The number of benzene rings is 3. The largest absolute Gasteiger partial charge is 0.356 e. The van der Waals surface area contributed by atoms with Crippen LogP contribution in [-0.2, 0) is 10.2 Å². The third-order valence-electron chi connectivity index (χ3n) is 5.01. The number of anilines is 3. The van der Waals surface area contributed by atoms with Crippen LogP contribution in [0.4, 0.5) is 17.1 Å². The van der Waals surface area contributed by atoms with Crippen molar-refractivity contribution in [1.82, 2.24) is 5.43 Å². The van der Waals surface area contributed by atoms with Gasteiger partial charge in [0.1, 0.15) is 0 Å². The highest BCUT2D eigenvalue weighted by molar-refractivity contribution is 6.06. The molecule has 0 aliphatic carbocycles. The maximum absolute atomic E-state index is 12.3. The van der Waals surface area contributed by atoms with Gasteiger partial charge in [-0.2, -0.15) is 5.10 Å². The second kappa shape index (κ2) is 10.6. The minimum absolute atomic E-state index is 0.0236. The average Bonchev–Trinajstić information content (AvgIpc) is 2.79. The Morgan fingerprint density at radius 1 is 0.788 bits per heavy atom. The fraction of sp³-hybridized carbons (Fsp3) is 0.222. The molecular formula is C27H30N4O2. The number of hydrogen-bond donors (Lipinski definition) is 3. The molecule has 0 aromatic heterocycles. The Kier molecular flexibility index (Phi) is 7.61. The summed E-state index contributed by atoms with van der Waals surface area (Å²) in [6.07, 6.45) is 0.0766. The predicted molar refractivity (Wildman–Crippen MR) is 135 cm³/mol. The fourth-order valence-corrected chi connectivity index (χ4v) is 3.13. The zero-order valence-electron chi connectivity index (χ0n) is 19.5. The van der Waals surface area contributed by atoms with Gasteiger partial charge in [0.25, 0.3) is 5.91 Å². The van der Waals surface area contributed by atoms with Crippen molar-refractivity contribution in [3.05, 3.63) is 90.0 Å². The van der Waals surface area contributed by atoms with Crippen LogP contribution in [0, 0.1) is 0 Å². The van der Waals surface area contributed by atoms with Gasteiger partial charge in [0.15, 0.2) is 0 Å². The number of carbonyl (C=O) groups excluding carboxylic acids is 2. The molecule has 33 heavy (non-hydrogen) atoms. The molecule has 0 fully saturated rings. The van der Waals surface area contributed by atoms with Crippen molar-refractivity contribution in [2.24, 2.45) is 5.10 Å². The van der Waals surface area contributed by atoms with Gasteiger partial charge in [0.05, 0.1) is 6.42 Å². The maximum Gasteiger partial charge on any atom is 0.271 e. The molecule has 170 valence electrons. The van der Waals surface area contributed by atoms with E-state index in [0.29, 0.717) is 17.0 Å². The second-order valence-electron chi connectivity index (χ2n) is 8.91. The number of rotatable bonds is 7. The summed E-state index contributed by atoms with van der Waals surface area (Å²) < 4.78 is 0. The molecule has 3 aromatic rings. The van der Waals surface area contributed by atoms with Gasteiger partial charge in [-0.15, -0.1) is 0 Å². The van der Waals surface area contributed by atoms with Crippen LogP contribution in [0.15, 0.2) is 84.0 Å². The number of nitrogens with zero attached hydrogens (tertiary/aromatic N) is 1. The zero-order chi connectivity index (χ0) is 23.8. The number of nitrogens with one attached hydrogen (secondary N) is 3. The molecule has 0 heterocycles. The van der Waals surface area contributed by atoms with Crippen molar-refractivity contribution in [3.63, 3.8) is 0 Å². The van der Waals surface area contributed by atoms with Crippen molar-refractivity contribution >= 4 is 34.6 Å². The lowest BCUT2D eigenvalue weighted by atomic mass is 9.87. The molecule has 0 aliphatic heterocycles. The summed E-state index contributed by atoms with van der Waals surface area (Å²) in [4.78, 5) is 24.6. The Hall–Kier alpha value is -3.93. The first-order chi connectivity index (χ1) is 15.7. The number of carbonyl (C=O) groups is 2. The summed E-state index contributed by atoms with van der Waals surface area (Å²) in [7, 11) is 0. The number of hydrogen-bond acceptors (Lipinski definition) is 4. The van der Waals surface area contributed by atoms with E-state index < -0.39 is 0 Å². The van der Waals surface area contributed by atoms with Gasteiger partial charge in [0.2, 0.25) is 5.91 Å². The van der Waals surface area contributed by atoms with Gasteiger partial charge in [0, 0.05) is 28.3 Å². The highest BCUT2D eigenvalue weighted by atomic mass is 16.2. The zero-order valence-corrected chi connectivity index (χ0v) is 19.5. The van der Waals surface area contributed by atoms with Crippen LogP contribution >= 0.6 is 0 Å². The Labute approximate surface area is 195 Å². The van der Waals surface area contributed by atoms with E-state index in [-0.39, 0.29) is 23.7 Å². The molecule has 0 saturated heterocycles. The minimum atomic E-state index is -0.309. The Bertz CT molecular complexity index is 1110. The molecule has 6 heteroatoms. The summed E-state index contributed by atoms with van der Waals surface area (Å²) in [5.41, 5.74) is 7.33. The quantitative estimate of drug-likeness (QED) is 0.316. The molecule has 3 N–H and O–H groups in total. The highest BCUT2D eigenvalue weighted by Crippen LogP contribution is 2.22. The predicted octanol–water partition coefficient (Wildman–Crippen LogP) is 5.86. The molecule has 0 aliphatic rings. The number of amides is 2. The van der Waals surface area contributed by atoms with Crippen molar-refractivity contribution in [1.29, 1.82) is 0 Å². The first kappa shape index (κ1) is 23.7. The van der Waals surface area contributed by atoms with Crippen molar-refractivity contribution < 1.29 is 9.59 Å². The van der Waals surface area contributed by atoms with E-state index in [1.807, 2.05) is 66.7 Å². The van der Waals surface area contributed by atoms with E-state index in [1.165, 1.54) is 0 Å². The lowest BCUT2D eigenvalue weighted by Crippen LogP contribution is -2.21. The molecular weight excluding hydrogens is 412 g/mol. The third kappa shape index (κ3) is 7.31. The van der Waals surface area contributed by atoms with E-state index in [2.05, 4.69) is 41.9 Å². The normalized spacial score (nSPS) is 11.6. The molecule has 0 saturated carbocycles. The number of para-hydroxylation sites is 1. The van der Waals surface area contributed by atoms with Crippen LogP contribution in [0.2, 0.25) is 0 Å². The first-order valence-corrected chi connectivity index (χ1v) is 10.9. The van der Waals surface area contributed by atoms with Crippen LogP contribution in [0.1, 0.15) is 50.0 Å². The van der Waals surface area contributed by atoms with Crippen molar-refractivity contribution in [3.8, 4) is 0 Å². The molecule has 0 radical (unpaired) electrons. The van der Waals surface area contributed by atoms with Gasteiger partial charge in [-0.3, -0.25) is 9.59 Å². The van der Waals surface area contributed by atoms with Gasteiger partial charge >= 0.3 is 0 Å². The fourth-order valence-electron chi connectivity index (χ4n) is 3.13.